The number of piperidine rings is 1. The highest BCUT2D eigenvalue weighted by molar-refractivity contribution is 5.94. The van der Waals surface area contributed by atoms with Crippen LogP contribution in [0.5, 0.6) is 5.75 Å². The van der Waals surface area contributed by atoms with Crippen molar-refractivity contribution in [1.29, 1.82) is 0 Å². The van der Waals surface area contributed by atoms with Crippen LogP contribution in [0.4, 0.5) is 0 Å². The van der Waals surface area contributed by atoms with Crippen molar-refractivity contribution in [2.45, 2.75) is 45.7 Å². The molecule has 2 aliphatic rings. The van der Waals surface area contributed by atoms with Crippen molar-refractivity contribution in [3.63, 3.8) is 0 Å². The van der Waals surface area contributed by atoms with Gasteiger partial charge in [-0.05, 0) is 44.4 Å². The molecule has 144 valence electrons. The molecule has 0 radical (unpaired) electrons. The quantitative estimate of drug-likeness (QED) is 0.894. The van der Waals surface area contributed by atoms with Crippen LogP contribution in [0.3, 0.4) is 0 Å². The summed E-state index contributed by atoms with van der Waals surface area (Å²) in [5.74, 6) is 3.37. The summed E-state index contributed by atoms with van der Waals surface area (Å²) in [7, 11) is 0. The Kier molecular flexibility index (Phi) is 5.11. The summed E-state index contributed by atoms with van der Waals surface area (Å²) < 4.78 is 7.90. The molecule has 0 unspecified atom stereocenters. The molecule has 0 saturated carbocycles. The Morgan fingerprint density at radius 1 is 1.26 bits per heavy atom. The fourth-order valence-corrected chi connectivity index (χ4v) is 3.98. The second-order valence-electron chi connectivity index (χ2n) is 7.28. The topological polar surface area (TPSA) is 72.3 Å². The fourth-order valence-electron chi connectivity index (χ4n) is 3.98. The summed E-state index contributed by atoms with van der Waals surface area (Å²) in [5, 5.41) is 12.1. The fraction of sp³-hybridized carbons (Fsp3) is 0.550. The number of carbonyl (C=O) groups excluding carboxylic acids is 1. The Balaban J connectivity index is 1.42. The zero-order valence-corrected chi connectivity index (χ0v) is 16.1. The van der Waals surface area contributed by atoms with Gasteiger partial charge in [0, 0.05) is 37.7 Å². The predicted octanol–water partition coefficient (Wildman–Crippen LogP) is 2.11. The number of amides is 1. The van der Waals surface area contributed by atoms with Crippen LogP contribution in [0.15, 0.2) is 18.2 Å². The summed E-state index contributed by atoms with van der Waals surface area (Å²) in [6.45, 7) is 8.74. The van der Waals surface area contributed by atoms with Gasteiger partial charge >= 0.3 is 0 Å². The van der Waals surface area contributed by atoms with Crippen LogP contribution < -0.4 is 10.1 Å². The van der Waals surface area contributed by atoms with Crippen LogP contribution >= 0.6 is 0 Å². The molecule has 1 aromatic heterocycles. The minimum atomic E-state index is 0.0851. The van der Waals surface area contributed by atoms with Crippen molar-refractivity contribution >= 4 is 5.91 Å². The number of fused-ring (bicyclic) bond motifs is 1. The first-order chi connectivity index (χ1) is 13.2. The van der Waals surface area contributed by atoms with E-state index in [4.69, 9.17) is 4.74 Å². The van der Waals surface area contributed by atoms with Crippen LogP contribution in [-0.4, -0.2) is 51.8 Å². The molecule has 27 heavy (non-hydrogen) atoms. The number of carbonyl (C=O) groups is 1. The lowest BCUT2D eigenvalue weighted by Gasteiger charge is -2.32. The van der Waals surface area contributed by atoms with Crippen LogP contribution in [0, 0.1) is 6.92 Å². The minimum absolute atomic E-state index is 0.0851. The molecule has 4 rings (SSSR count). The molecule has 0 aliphatic carbocycles. The van der Waals surface area contributed by atoms with Gasteiger partial charge in [-0.15, -0.1) is 10.2 Å². The van der Waals surface area contributed by atoms with E-state index in [1.807, 2.05) is 36.9 Å². The molecule has 0 atom stereocenters. The van der Waals surface area contributed by atoms with E-state index in [1.54, 1.807) is 0 Å². The van der Waals surface area contributed by atoms with Crippen molar-refractivity contribution in [1.82, 2.24) is 25.0 Å². The van der Waals surface area contributed by atoms with E-state index in [0.29, 0.717) is 18.1 Å². The largest absolute Gasteiger partial charge is 0.494 e. The monoisotopic (exact) mass is 369 g/mol. The summed E-state index contributed by atoms with van der Waals surface area (Å²) in [4.78, 5) is 14.9. The van der Waals surface area contributed by atoms with Gasteiger partial charge in [0.25, 0.3) is 5.91 Å². The molecular weight excluding hydrogens is 342 g/mol. The molecule has 7 heteroatoms. The summed E-state index contributed by atoms with van der Waals surface area (Å²) in [6, 6.07) is 5.73. The number of aryl methyl sites for hydroxylation is 1. The lowest BCUT2D eigenvalue weighted by molar-refractivity contribution is 0.0709. The highest BCUT2D eigenvalue weighted by Gasteiger charge is 2.29. The number of ether oxygens (including phenoxy) is 1. The smallest absolute Gasteiger partial charge is 0.253 e. The molecule has 7 nitrogen and oxygen atoms in total. The molecule has 0 spiro atoms. The van der Waals surface area contributed by atoms with Crippen LogP contribution in [-0.2, 0) is 13.1 Å². The van der Waals surface area contributed by atoms with E-state index in [-0.39, 0.29) is 5.91 Å². The van der Waals surface area contributed by atoms with Crippen molar-refractivity contribution in [3.05, 3.63) is 41.0 Å². The molecule has 1 amide bonds. The molecule has 2 aliphatic heterocycles. The second kappa shape index (κ2) is 7.68. The number of aromatic nitrogens is 3. The number of nitrogens with zero attached hydrogens (tertiary/aromatic N) is 4. The minimum Gasteiger partial charge on any atom is -0.494 e. The molecule has 1 aromatic carbocycles. The van der Waals surface area contributed by atoms with Gasteiger partial charge in [0.2, 0.25) is 0 Å². The first-order valence-electron chi connectivity index (χ1n) is 9.82. The van der Waals surface area contributed by atoms with Crippen LogP contribution in [0.1, 0.15) is 53.3 Å². The Labute approximate surface area is 159 Å². The van der Waals surface area contributed by atoms with Gasteiger partial charge in [-0.25, -0.2) is 0 Å². The SMILES string of the molecule is CCOc1cc(C(=O)N2CCC(c3nnc4n3CCNC4)CC2)ccc1C. The van der Waals surface area contributed by atoms with Gasteiger partial charge in [0.15, 0.2) is 0 Å². The van der Waals surface area contributed by atoms with Crippen molar-refractivity contribution in [2.75, 3.05) is 26.2 Å². The number of hydrogen-bond donors (Lipinski definition) is 1. The lowest BCUT2D eigenvalue weighted by Crippen LogP contribution is -2.39. The zero-order valence-electron chi connectivity index (χ0n) is 16.1. The first kappa shape index (κ1) is 18.0. The highest BCUT2D eigenvalue weighted by atomic mass is 16.5. The Morgan fingerprint density at radius 2 is 2.07 bits per heavy atom. The first-order valence-corrected chi connectivity index (χ1v) is 9.82. The van der Waals surface area contributed by atoms with Crippen LogP contribution in [0.25, 0.3) is 0 Å². The molecule has 1 saturated heterocycles. The maximum absolute atomic E-state index is 12.9. The van der Waals surface area contributed by atoms with Gasteiger partial charge < -0.3 is 19.5 Å². The summed E-state index contributed by atoms with van der Waals surface area (Å²) in [5.41, 5.74) is 1.76. The average molecular weight is 369 g/mol. The van der Waals surface area contributed by atoms with Gasteiger partial charge in [-0.3, -0.25) is 4.79 Å². The summed E-state index contributed by atoms with van der Waals surface area (Å²) in [6.07, 6.45) is 1.86. The van der Waals surface area contributed by atoms with Gasteiger partial charge in [0.05, 0.1) is 13.2 Å². The number of nitrogens with one attached hydrogen (secondary N) is 1. The third-order valence-electron chi connectivity index (χ3n) is 5.53. The summed E-state index contributed by atoms with van der Waals surface area (Å²) >= 11 is 0. The number of hydrogen-bond acceptors (Lipinski definition) is 5. The predicted molar refractivity (Wildman–Crippen MR) is 102 cm³/mol. The molecule has 1 fully saturated rings. The van der Waals surface area contributed by atoms with E-state index in [9.17, 15) is 4.79 Å². The van der Waals surface area contributed by atoms with E-state index >= 15 is 0 Å². The lowest BCUT2D eigenvalue weighted by atomic mass is 9.95. The van der Waals surface area contributed by atoms with Crippen molar-refractivity contribution in [3.8, 4) is 5.75 Å². The van der Waals surface area contributed by atoms with E-state index < -0.39 is 0 Å². The number of benzene rings is 1. The molecule has 2 aromatic rings. The normalized spacial score (nSPS) is 17.6. The number of likely N-dealkylation sites (tertiary alicyclic amines) is 1. The zero-order chi connectivity index (χ0) is 18.8. The van der Waals surface area contributed by atoms with Gasteiger partial charge in [-0.2, -0.15) is 0 Å². The van der Waals surface area contributed by atoms with E-state index in [1.165, 1.54) is 0 Å². The molecule has 3 heterocycles. The Morgan fingerprint density at radius 3 is 2.85 bits per heavy atom. The van der Waals surface area contributed by atoms with Gasteiger partial charge in [-0.1, -0.05) is 6.07 Å². The molecule has 1 N–H and O–H groups in total. The van der Waals surface area contributed by atoms with Gasteiger partial charge in [0.1, 0.15) is 17.4 Å². The Hall–Kier alpha value is -2.41. The Bertz CT molecular complexity index is 824. The van der Waals surface area contributed by atoms with Crippen molar-refractivity contribution < 1.29 is 9.53 Å². The standard InChI is InChI=1S/C20H27N5O2/c1-3-27-17-12-16(5-4-14(17)2)20(26)24-9-6-15(7-10-24)19-23-22-18-13-21-8-11-25(18)19/h4-5,12,15,21H,3,6-11,13H2,1-2H3. The maximum atomic E-state index is 12.9. The maximum Gasteiger partial charge on any atom is 0.253 e. The average Bonchev–Trinajstić information content (AvgIpc) is 3.14. The second-order valence-corrected chi connectivity index (χ2v) is 7.28. The third-order valence-corrected chi connectivity index (χ3v) is 5.53. The van der Waals surface area contributed by atoms with E-state index in [0.717, 1.165) is 68.5 Å². The van der Waals surface area contributed by atoms with Crippen LogP contribution in [0.2, 0.25) is 0 Å². The number of rotatable bonds is 4. The van der Waals surface area contributed by atoms with E-state index in [2.05, 4.69) is 20.1 Å². The third kappa shape index (κ3) is 3.56. The van der Waals surface area contributed by atoms with Crippen molar-refractivity contribution in [2.24, 2.45) is 0 Å². The molecular formula is C20H27N5O2. The molecule has 0 bridgehead atoms. The highest BCUT2D eigenvalue weighted by Crippen LogP contribution is 2.29.